The second-order valence-corrected chi connectivity index (χ2v) is 3.98. The maximum Gasteiger partial charge on any atom is 0.244 e. The number of carbonyl (C=O) groups is 1. The minimum atomic E-state index is -0.664. The van der Waals surface area contributed by atoms with Crippen molar-refractivity contribution in [3.63, 3.8) is 0 Å². The third-order valence-corrected chi connectivity index (χ3v) is 2.17. The number of hydrogen-bond donors (Lipinski definition) is 2. The van der Waals surface area contributed by atoms with Gasteiger partial charge >= 0.3 is 0 Å². The van der Waals surface area contributed by atoms with Crippen molar-refractivity contribution in [1.29, 1.82) is 0 Å². The fourth-order valence-corrected chi connectivity index (χ4v) is 1.26. The van der Waals surface area contributed by atoms with Crippen LogP contribution in [0.5, 0.6) is 0 Å². The van der Waals surface area contributed by atoms with Gasteiger partial charge in [0.2, 0.25) is 11.9 Å². The minimum Gasteiger partial charge on any atom is -0.323 e. The van der Waals surface area contributed by atoms with Crippen LogP contribution >= 0.6 is 0 Å². The van der Waals surface area contributed by atoms with E-state index in [4.69, 9.17) is 0 Å². The number of anilines is 1. The van der Waals surface area contributed by atoms with Crippen molar-refractivity contribution in [3.05, 3.63) is 24.3 Å². The standard InChI is InChI=1S/C11H16FN3O/c1-4-14-11(2,3)10(16)15-8-5-6-9(12)13-7-8/h5-7,14H,4H2,1-3H3,(H,15,16). The summed E-state index contributed by atoms with van der Waals surface area (Å²) in [5, 5.41) is 5.71. The molecule has 1 aromatic heterocycles. The third kappa shape index (κ3) is 3.27. The van der Waals surface area contributed by atoms with E-state index in [1.807, 2.05) is 6.92 Å². The van der Waals surface area contributed by atoms with Crippen LogP contribution in [0.25, 0.3) is 0 Å². The van der Waals surface area contributed by atoms with Crippen LogP contribution in [0.4, 0.5) is 10.1 Å². The third-order valence-electron chi connectivity index (χ3n) is 2.17. The van der Waals surface area contributed by atoms with E-state index in [-0.39, 0.29) is 5.91 Å². The van der Waals surface area contributed by atoms with Gasteiger partial charge in [-0.1, -0.05) is 6.92 Å². The first-order valence-corrected chi connectivity index (χ1v) is 5.13. The lowest BCUT2D eigenvalue weighted by molar-refractivity contribution is -0.121. The second kappa shape index (κ2) is 5.03. The molecule has 1 heterocycles. The number of nitrogens with one attached hydrogen (secondary N) is 2. The lowest BCUT2D eigenvalue weighted by atomic mass is 10.0. The highest BCUT2D eigenvalue weighted by Gasteiger charge is 2.26. The zero-order chi connectivity index (χ0) is 12.2. The monoisotopic (exact) mass is 225 g/mol. The number of pyridine rings is 1. The molecule has 0 radical (unpaired) electrons. The van der Waals surface area contributed by atoms with E-state index in [0.717, 1.165) is 0 Å². The average molecular weight is 225 g/mol. The van der Waals surface area contributed by atoms with Crippen molar-refractivity contribution in [2.75, 3.05) is 11.9 Å². The van der Waals surface area contributed by atoms with Gasteiger partial charge in [-0.05, 0) is 32.5 Å². The molecule has 1 aromatic rings. The summed E-state index contributed by atoms with van der Waals surface area (Å²) in [7, 11) is 0. The fraction of sp³-hybridized carbons (Fsp3) is 0.455. The lowest BCUT2D eigenvalue weighted by Crippen LogP contribution is -2.49. The number of hydrogen-bond acceptors (Lipinski definition) is 3. The number of amides is 1. The molecular formula is C11H16FN3O. The zero-order valence-corrected chi connectivity index (χ0v) is 9.67. The highest BCUT2D eigenvalue weighted by molar-refractivity contribution is 5.97. The summed E-state index contributed by atoms with van der Waals surface area (Å²) in [6, 6.07) is 2.68. The molecule has 0 saturated heterocycles. The summed E-state index contributed by atoms with van der Waals surface area (Å²) in [6.45, 7) is 6.18. The molecule has 0 atom stereocenters. The van der Waals surface area contributed by atoms with Gasteiger partial charge in [0.15, 0.2) is 0 Å². The van der Waals surface area contributed by atoms with Gasteiger partial charge in [0, 0.05) is 0 Å². The summed E-state index contributed by atoms with van der Waals surface area (Å²) in [5.41, 5.74) is -0.180. The number of aromatic nitrogens is 1. The number of rotatable bonds is 4. The second-order valence-electron chi connectivity index (χ2n) is 3.98. The smallest absolute Gasteiger partial charge is 0.244 e. The van der Waals surface area contributed by atoms with Crippen molar-refractivity contribution in [1.82, 2.24) is 10.3 Å². The lowest BCUT2D eigenvalue weighted by Gasteiger charge is -2.24. The van der Waals surface area contributed by atoms with Crippen LogP contribution in [0.3, 0.4) is 0 Å². The highest BCUT2D eigenvalue weighted by Crippen LogP contribution is 2.10. The van der Waals surface area contributed by atoms with Crippen LogP contribution in [0.2, 0.25) is 0 Å². The van der Waals surface area contributed by atoms with Crippen molar-refractivity contribution < 1.29 is 9.18 Å². The Morgan fingerprint density at radius 3 is 2.69 bits per heavy atom. The van der Waals surface area contributed by atoms with Gasteiger partial charge in [-0.3, -0.25) is 4.79 Å². The van der Waals surface area contributed by atoms with Crippen molar-refractivity contribution in [3.8, 4) is 0 Å². The normalized spacial score (nSPS) is 11.2. The molecule has 0 spiro atoms. The highest BCUT2D eigenvalue weighted by atomic mass is 19.1. The Balaban J connectivity index is 2.67. The van der Waals surface area contributed by atoms with Crippen LogP contribution in [-0.4, -0.2) is 23.0 Å². The number of halogens is 1. The van der Waals surface area contributed by atoms with Gasteiger partial charge < -0.3 is 10.6 Å². The molecule has 4 nitrogen and oxygen atoms in total. The van der Waals surface area contributed by atoms with E-state index >= 15 is 0 Å². The van der Waals surface area contributed by atoms with Crippen LogP contribution < -0.4 is 10.6 Å². The van der Waals surface area contributed by atoms with Crippen LogP contribution in [0, 0.1) is 5.95 Å². The van der Waals surface area contributed by atoms with Gasteiger partial charge in [-0.25, -0.2) is 4.98 Å². The molecule has 0 aliphatic heterocycles. The summed E-state index contributed by atoms with van der Waals surface area (Å²) < 4.78 is 12.5. The Morgan fingerprint density at radius 2 is 2.19 bits per heavy atom. The van der Waals surface area contributed by atoms with Crippen LogP contribution in [-0.2, 0) is 4.79 Å². The molecule has 0 saturated carbocycles. The van der Waals surface area contributed by atoms with Crippen molar-refractivity contribution >= 4 is 11.6 Å². The van der Waals surface area contributed by atoms with Crippen LogP contribution in [0.1, 0.15) is 20.8 Å². The quantitative estimate of drug-likeness (QED) is 0.764. The minimum absolute atomic E-state index is 0.178. The SMILES string of the molecule is CCNC(C)(C)C(=O)Nc1ccc(F)nc1. The largest absolute Gasteiger partial charge is 0.323 e. The Morgan fingerprint density at radius 1 is 1.50 bits per heavy atom. The molecule has 1 amide bonds. The van der Waals surface area contributed by atoms with E-state index in [9.17, 15) is 9.18 Å². The predicted octanol–water partition coefficient (Wildman–Crippen LogP) is 1.55. The van der Waals surface area contributed by atoms with Crippen molar-refractivity contribution in [2.24, 2.45) is 0 Å². The molecule has 5 heteroatoms. The van der Waals surface area contributed by atoms with Gasteiger partial charge in [0.05, 0.1) is 17.4 Å². The molecule has 16 heavy (non-hydrogen) atoms. The molecule has 0 aliphatic rings. The van der Waals surface area contributed by atoms with Crippen LogP contribution in [0.15, 0.2) is 18.3 Å². The predicted molar refractivity (Wildman–Crippen MR) is 60.6 cm³/mol. The Kier molecular flexibility index (Phi) is 3.95. The van der Waals surface area contributed by atoms with Gasteiger partial charge in [0.1, 0.15) is 0 Å². The van der Waals surface area contributed by atoms with Gasteiger partial charge in [0.25, 0.3) is 0 Å². The van der Waals surface area contributed by atoms with Gasteiger partial charge in [-0.2, -0.15) is 4.39 Å². The van der Waals surface area contributed by atoms with E-state index < -0.39 is 11.5 Å². The maximum atomic E-state index is 12.5. The molecule has 0 bridgehead atoms. The molecule has 2 N–H and O–H groups in total. The van der Waals surface area contributed by atoms with Crippen molar-refractivity contribution in [2.45, 2.75) is 26.3 Å². The number of carbonyl (C=O) groups excluding carboxylic acids is 1. The Hall–Kier alpha value is -1.49. The maximum absolute atomic E-state index is 12.5. The Labute approximate surface area is 94.3 Å². The zero-order valence-electron chi connectivity index (χ0n) is 9.67. The summed E-state index contributed by atoms with van der Waals surface area (Å²) in [6.07, 6.45) is 1.29. The van der Waals surface area contributed by atoms with E-state index in [2.05, 4.69) is 15.6 Å². The van der Waals surface area contributed by atoms with E-state index in [0.29, 0.717) is 12.2 Å². The first kappa shape index (κ1) is 12.6. The topological polar surface area (TPSA) is 54.0 Å². The molecular weight excluding hydrogens is 209 g/mol. The Bertz CT molecular complexity index is 362. The molecule has 0 aliphatic carbocycles. The molecule has 0 unspecified atom stereocenters. The number of likely N-dealkylation sites (N-methyl/N-ethyl adjacent to an activating group) is 1. The molecule has 88 valence electrons. The van der Waals surface area contributed by atoms with E-state index in [1.165, 1.54) is 18.3 Å². The first-order chi connectivity index (χ1) is 7.45. The molecule has 0 aromatic carbocycles. The summed E-state index contributed by atoms with van der Waals surface area (Å²) >= 11 is 0. The molecule has 0 fully saturated rings. The summed E-state index contributed by atoms with van der Waals surface area (Å²) in [4.78, 5) is 15.3. The summed E-state index contributed by atoms with van der Waals surface area (Å²) in [5.74, 6) is -0.744. The average Bonchev–Trinajstić information content (AvgIpc) is 2.21. The fourth-order valence-electron chi connectivity index (χ4n) is 1.26. The number of nitrogens with zero attached hydrogens (tertiary/aromatic N) is 1. The molecule has 1 rings (SSSR count). The van der Waals surface area contributed by atoms with E-state index in [1.54, 1.807) is 13.8 Å². The first-order valence-electron chi connectivity index (χ1n) is 5.13. The van der Waals surface area contributed by atoms with Gasteiger partial charge in [-0.15, -0.1) is 0 Å².